The molecule has 2 nitrogen and oxygen atoms in total. The highest BCUT2D eigenvalue weighted by molar-refractivity contribution is 9.10. The largest absolute Gasteiger partial charge is 0.507 e. The normalized spacial score (nSPS) is 11.4. The van der Waals surface area contributed by atoms with E-state index in [1.54, 1.807) is 6.07 Å². The highest BCUT2D eigenvalue weighted by Crippen LogP contribution is 2.25. The Labute approximate surface area is 119 Å². The quantitative estimate of drug-likeness (QED) is 0.746. The number of rotatable bonds is 7. The Kier molecular flexibility index (Phi) is 6.72. The topological polar surface area (TPSA) is 23.5 Å². The van der Waals surface area contributed by atoms with Gasteiger partial charge >= 0.3 is 0 Å². The summed E-state index contributed by atoms with van der Waals surface area (Å²) in [5, 5.41) is 9.50. The van der Waals surface area contributed by atoms with Crippen molar-refractivity contribution in [2.75, 3.05) is 6.54 Å². The molecule has 0 aliphatic carbocycles. The molecule has 1 aromatic carbocycles. The Morgan fingerprint density at radius 1 is 1.28 bits per heavy atom. The van der Waals surface area contributed by atoms with Crippen molar-refractivity contribution in [2.24, 2.45) is 0 Å². The molecular weight excluding hydrogens is 290 g/mol. The smallest absolute Gasteiger partial charge is 0.129 e. The maximum absolute atomic E-state index is 9.50. The number of halogens is 1. The van der Waals surface area contributed by atoms with Gasteiger partial charge in [-0.05, 0) is 60.4 Å². The van der Waals surface area contributed by atoms with Gasteiger partial charge in [0.2, 0.25) is 0 Å². The average Bonchev–Trinajstić information content (AvgIpc) is 2.32. The molecule has 0 radical (unpaired) electrons. The standard InChI is InChI=1S/C15H24BrNO/c1-4-5-6-9-17(12(2)3)11-13-7-8-15(18)14(16)10-13/h7-8,10,12,18H,4-6,9,11H2,1-3H3. The Balaban J connectivity index is 2.61. The van der Waals surface area contributed by atoms with Gasteiger partial charge in [0.15, 0.2) is 0 Å². The summed E-state index contributed by atoms with van der Waals surface area (Å²) < 4.78 is 0.775. The maximum atomic E-state index is 9.50. The lowest BCUT2D eigenvalue weighted by molar-refractivity contribution is 0.208. The third-order valence-electron chi connectivity index (χ3n) is 3.18. The summed E-state index contributed by atoms with van der Waals surface area (Å²) in [5.74, 6) is 0.306. The summed E-state index contributed by atoms with van der Waals surface area (Å²) in [7, 11) is 0. The van der Waals surface area contributed by atoms with E-state index in [0.717, 1.165) is 17.6 Å². The summed E-state index contributed by atoms with van der Waals surface area (Å²) in [6.45, 7) is 8.80. The summed E-state index contributed by atoms with van der Waals surface area (Å²) >= 11 is 3.37. The molecule has 102 valence electrons. The molecule has 0 atom stereocenters. The highest BCUT2D eigenvalue weighted by Gasteiger charge is 2.10. The number of unbranched alkanes of at least 4 members (excludes halogenated alkanes) is 2. The van der Waals surface area contributed by atoms with Gasteiger partial charge in [-0.3, -0.25) is 4.90 Å². The molecule has 0 unspecified atom stereocenters. The van der Waals surface area contributed by atoms with Crippen molar-refractivity contribution in [2.45, 2.75) is 52.6 Å². The second-order valence-corrected chi connectivity index (χ2v) is 5.91. The van der Waals surface area contributed by atoms with Crippen LogP contribution in [0.15, 0.2) is 22.7 Å². The fourth-order valence-electron chi connectivity index (χ4n) is 1.97. The lowest BCUT2D eigenvalue weighted by atomic mass is 10.1. The van der Waals surface area contributed by atoms with Crippen LogP contribution in [0.1, 0.15) is 45.6 Å². The van der Waals surface area contributed by atoms with Gasteiger partial charge in [-0.1, -0.05) is 25.8 Å². The molecule has 0 spiro atoms. The van der Waals surface area contributed by atoms with E-state index in [1.807, 2.05) is 12.1 Å². The molecule has 0 aromatic heterocycles. The minimum absolute atomic E-state index is 0.306. The van der Waals surface area contributed by atoms with Gasteiger partial charge in [0.1, 0.15) is 5.75 Å². The van der Waals surface area contributed by atoms with Crippen molar-refractivity contribution >= 4 is 15.9 Å². The van der Waals surface area contributed by atoms with Crippen LogP contribution in [0.5, 0.6) is 5.75 Å². The lowest BCUT2D eigenvalue weighted by Crippen LogP contribution is -2.31. The van der Waals surface area contributed by atoms with Crippen LogP contribution < -0.4 is 0 Å². The first-order valence-corrected chi connectivity index (χ1v) is 7.55. The fourth-order valence-corrected chi connectivity index (χ4v) is 2.39. The number of phenolic OH excluding ortho intramolecular Hbond substituents is 1. The Bertz CT molecular complexity index is 366. The first-order chi connectivity index (χ1) is 8.54. The van der Waals surface area contributed by atoms with E-state index in [2.05, 4.69) is 41.6 Å². The summed E-state index contributed by atoms with van der Waals surface area (Å²) in [6.07, 6.45) is 3.81. The molecular formula is C15H24BrNO. The number of hydrogen-bond donors (Lipinski definition) is 1. The van der Waals surface area contributed by atoms with Crippen LogP contribution >= 0.6 is 15.9 Å². The lowest BCUT2D eigenvalue weighted by Gasteiger charge is -2.26. The zero-order valence-corrected chi connectivity index (χ0v) is 13.2. The Hall–Kier alpha value is -0.540. The van der Waals surface area contributed by atoms with Gasteiger partial charge in [0.25, 0.3) is 0 Å². The van der Waals surface area contributed by atoms with Crippen molar-refractivity contribution in [3.63, 3.8) is 0 Å². The summed E-state index contributed by atoms with van der Waals surface area (Å²) in [4.78, 5) is 2.48. The van der Waals surface area contributed by atoms with E-state index in [1.165, 1.54) is 24.8 Å². The summed E-state index contributed by atoms with van der Waals surface area (Å²) in [5.41, 5.74) is 1.24. The van der Waals surface area contributed by atoms with Crippen LogP contribution in [0.25, 0.3) is 0 Å². The first-order valence-electron chi connectivity index (χ1n) is 6.76. The van der Waals surface area contributed by atoms with Crippen LogP contribution in [0.3, 0.4) is 0 Å². The first kappa shape index (κ1) is 15.5. The second kappa shape index (κ2) is 7.80. The van der Waals surface area contributed by atoms with Gasteiger partial charge in [-0.25, -0.2) is 0 Å². The molecule has 0 aliphatic heterocycles. The predicted molar refractivity (Wildman–Crippen MR) is 80.9 cm³/mol. The van der Waals surface area contributed by atoms with Gasteiger partial charge in [0.05, 0.1) is 4.47 Å². The highest BCUT2D eigenvalue weighted by atomic mass is 79.9. The van der Waals surface area contributed by atoms with Crippen LogP contribution in [-0.2, 0) is 6.54 Å². The van der Waals surface area contributed by atoms with E-state index < -0.39 is 0 Å². The van der Waals surface area contributed by atoms with Crippen LogP contribution in [-0.4, -0.2) is 22.6 Å². The van der Waals surface area contributed by atoms with Crippen molar-refractivity contribution in [1.29, 1.82) is 0 Å². The van der Waals surface area contributed by atoms with Crippen molar-refractivity contribution < 1.29 is 5.11 Å². The number of benzene rings is 1. The Morgan fingerprint density at radius 2 is 2.00 bits per heavy atom. The number of phenols is 1. The Morgan fingerprint density at radius 3 is 2.56 bits per heavy atom. The molecule has 18 heavy (non-hydrogen) atoms. The molecule has 0 amide bonds. The number of aromatic hydroxyl groups is 1. The molecule has 0 aliphatic rings. The zero-order chi connectivity index (χ0) is 13.5. The monoisotopic (exact) mass is 313 g/mol. The number of nitrogens with zero attached hydrogens (tertiary/aromatic N) is 1. The minimum atomic E-state index is 0.306. The van der Waals surface area contributed by atoms with Crippen molar-refractivity contribution in [3.05, 3.63) is 28.2 Å². The third-order valence-corrected chi connectivity index (χ3v) is 3.81. The van der Waals surface area contributed by atoms with E-state index >= 15 is 0 Å². The van der Waals surface area contributed by atoms with E-state index in [0.29, 0.717) is 11.8 Å². The number of hydrogen-bond acceptors (Lipinski definition) is 2. The molecule has 1 aromatic rings. The van der Waals surface area contributed by atoms with E-state index in [9.17, 15) is 5.11 Å². The predicted octanol–water partition coefficient (Wildman–Crippen LogP) is 4.56. The molecule has 0 saturated carbocycles. The van der Waals surface area contributed by atoms with Gasteiger partial charge in [-0.15, -0.1) is 0 Å². The van der Waals surface area contributed by atoms with E-state index in [-0.39, 0.29) is 0 Å². The maximum Gasteiger partial charge on any atom is 0.129 e. The molecule has 0 fully saturated rings. The van der Waals surface area contributed by atoms with Gasteiger partial charge < -0.3 is 5.11 Å². The van der Waals surface area contributed by atoms with Crippen molar-refractivity contribution in [1.82, 2.24) is 4.90 Å². The molecule has 0 saturated heterocycles. The van der Waals surface area contributed by atoms with Crippen LogP contribution in [0.4, 0.5) is 0 Å². The third kappa shape index (κ3) is 4.99. The molecule has 0 heterocycles. The van der Waals surface area contributed by atoms with Crippen LogP contribution in [0.2, 0.25) is 0 Å². The zero-order valence-electron chi connectivity index (χ0n) is 11.6. The van der Waals surface area contributed by atoms with Crippen molar-refractivity contribution in [3.8, 4) is 5.75 Å². The molecule has 3 heteroatoms. The molecule has 0 bridgehead atoms. The molecule has 1 rings (SSSR count). The average molecular weight is 314 g/mol. The second-order valence-electron chi connectivity index (χ2n) is 5.06. The van der Waals surface area contributed by atoms with Gasteiger partial charge in [0, 0.05) is 12.6 Å². The molecule has 1 N–H and O–H groups in total. The van der Waals surface area contributed by atoms with Crippen LogP contribution in [0, 0.1) is 0 Å². The van der Waals surface area contributed by atoms with E-state index in [4.69, 9.17) is 0 Å². The summed E-state index contributed by atoms with van der Waals surface area (Å²) in [6, 6.07) is 6.30. The van der Waals surface area contributed by atoms with Gasteiger partial charge in [-0.2, -0.15) is 0 Å². The minimum Gasteiger partial charge on any atom is -0.507 e. The SMILES string of the molecule is CCCCCN(Cc1ccc(O)c(Br)c1)C(C)C. The fraction of sp³-hybridized carbons (Fsp3) is 0.600.